The number of fused-ring (bicyclic) bond motifs is 1. The topological polar surface area (TPSA) is 64.4 Å². The first kappa shape index (κ1) is 12.1. The van der Waals surface area contributed by atoms with Crippen LogP contribution in [0.5, 0.6) is 0 Å². The molecule has 3 heteroatoms. The van der Waals surface area contributed by atoms with E-state index in [9.17, 15) is 0 Å². The predicted octanol–water partition coefficient (Wildman–Crippen LogP) is 2.13. The number of rotatable bonds is 2. The Morgan fingerprint density at radius 3 is 2.47 bits per heavy atom. The summed E-state index contributed by atoms with van der Waals surface area (Å²) in [6.45, 7) is 0. The molecule has 0 saturated carbocycles. The minimum atomic E-state index is -0.598. The minimum absolute atomic E-state index is 0.275. The maximum absolute atomic E-state index is 6.63. The fourth-order valence-electron chi connectivity index (χ4n) is 2.60. The largest absolute Gasteiger partial charge is 0.321 e. The number of nitrogens with two attached hydrogens (primary N) is 2. The van der Waals surface area contributed by atoms with E-state index in [4.69, 9.17) is 11.5 Å². The van der Waals surface area contributed by atoms with E-state index in [1.54, 1.807) is 6.21 Å². The van der Waals surface area contributed by atoms with Crippen LogP contribution in [0.25, 0.3) is 0 Å². The summed E-state index contributed by atoms with van der Waals surface area (Å²) < 4.78 is 0. The molecule has 4 N–H and O–H groups in total. The van der Waals surface area contributed by atoms with Crippen LogP contribution in [-0.4, -0.2) is 12.3 Å². The van der Waals surface area contributed by atoms with Gasteiger partial charge in [0, 0.05) is 6.21 Å². The second kappa shape index (κ2) is 4.61. The Morgan fingerprint density at radius 2 is 1.68 bits per heavy atom. The molecule has 1 heterocycles. The SMILES string of the molecule is NC1C=Nc2ccccc2C1(N)Cc1ccccc1. The molecule has 96 valence electrons. The van der Waals surface area contributed by atoms with Gasteiger partial charge in [-0.25, -0.2) is 0 Å². The molecule has 2 atom stereocenters. The number of nitrogens with zero attached hydrogens (tertiary/aromatic N) is 1. The molecule has 19 heavy (non-hydrogen) atoms. The summed E-state index contributed by atoms with van der Waals surface area (Å²) in [6.07, 6.45) is 2.46. The van der Waals surface area contributed by atoms with Gasteiger partial charge in [0.15, 0.2) is 0 Å². The zero-order chi connectivity index (χ0) is 13.3. The van der Waals surface area contributed by atoms with E-state index in [0.717, 1.165) is 11.3 Å². The van der Waals surface area contributed by atoms with Gasteiger partial charge in [-0.15, -0.1) is 0 Å². The van der Waals surface area contributed by atoms with E-state index in [-0.39, 0.29) is 6.04 Å². The summed E-state index contributed by atoms with van der Waals surface area (Å²) in [5.41, 5.74) is 15.4. The summed E-state index contributed by atoms with van der Waals surface area (Å²) in [5.74, 6) is 0. The normalized spacial score (nSPS) is 25.1. The van der Waals surface area contributed by atoms with E-state index in [1.165, 1.54) is 5.56 Å². The van der Waals surface area contributed by atoms with Crippen molar-refractivity contribution in [2.24, 2.45) is 16.5 Å². The summed E-state index contributed by atoms with van der Waals surface area (Å²) >= 11 is 0. The van der Waals surface area contributed by atoms with Crippen molar-refractivity contribution in [3.05, 3.63) is 65.7 Å². The Kier molecular flexibility index (Phi) is 2.93. The molecule has 2 aromatic rings. The van der Waals surface area contributed by atoms with Crippen LogP contribution in [-0.2, 0) is 12.0 Å². The molecule has 0 radical (unpaired) electrons. The molecule has 2 unspecified atom stereocenters. The predicted molar refractivity (Wildman–Crippen MR) is 78.6 cm³/mol. The maximum atomic E-state index is 6.63. The zero-order valence-electron chi connectivity index (χ0n) is 10.7. The highest BCUT2D eigenvalue weighted by Gasteiger charge is 2.37. The molecule has 1 aliphatic heterocycles. The van der Waals surface area contributed by atoms with Crippen LogP contribution in [0.3, 0.4) is 0 Å². The first-order valence-corrected chi connectivity index (χ1v) is 6.42. The molecule has 0 aromatic heterocycles. The van der Waals surface area contributed by atoms with Crippen molar-refractivity contribution in [3.63, 3.8) is 0 Å². The highest BCUT2D eigenvalue weighted by Crippen LogP contribution is 2.35. The highest BCUT2D eigenvalue weighted by molar-refractivity contribution is 5.77. The number of hydrogen-bond acceptors (Lipinski definition) is 3. The monoisotopic (exact) mass is 251 g/mol. The highest BCUT2D eigenvalue weighted by atomic mass is 14.9. The van der Waals surface area contributed by atoms with Gasteiger partial charge in [0.25, 0.3) is 0 Å². The van der Waals surface area contributed by atoms with Gasteiger partial charge < -0.3 is 11.5 Å². The van der Waals surface area contributed by atoms with E-state index >= 15 is 0 Å². The molecular formula is C16H17N3. The Hall–Kier alpha value is -1.97. The fraction of sp³-hybridized carbons (Fsp3) is 0.188. The fourth-order valence-corrected chi connectivity index (χ4v) is 2.60. The summed E-state index contributed by atoms with van der Waals surface area (Å²) in [5, 5.41) is 0. The molecule has 0 bridgehead atoms. The third kappa shape index (κ3) is 2.07. The molecule has 1 aliphatic rings. The van der Waals surface area contributed by atoms with Gasteiger partial charge in [0.2, 0.25) is 0 Å². The number of aliphatic imine (C=N–C) groups is 1. The lowest BCUT2D eigenvalue weighted by Gasteiger charge is -2.37. The Balaban J connectivity index is 2.04. The third-order valence-corrected chi connectivity index (χ3v) is 3.71. The zero-order valence-corrected chi connectivity index (χ0v) is 10.7. The molecule has 0 fully saturated rings. The van der Waals surface area contributed by atoms with Crippen LogP contribution in [0.2, 0.25) is 0 Å². The van der Waals surface area contributed by atoms with E-state index in [1.807, 2.05) is 42.5 Å². The van der Waals surface area contributed by atoms with Crippen LogP contribution in [0.4, 0.5) is 5.69 Å². The third-order valence-electron chi connectivity index (χ3n) is 3.71. The van der Waals surface area contributed by atoms with Crippen molar-refractivity contribution in [1.29, 1.82) is 0 Å². The minimum Gasteiger partial charge on any atom is -0.321 e. The molecular weight excluding hydrogens is 234 g/mol. The second-order valence-corrected chi connectivity index (χ2v) is 5.02. The molecule has 3 rings (SSSR count). The number of benzene rings is 2. The molecule has 0 spiro atoms. The smallest absolute Gasteiger partial charge is 0.0677 e. The first-order valence-electron chi connectivity index (χ1n) is 6.42. The van der Waals surface area contributed by atoms with E-state index in [0.29, 0.717) is 6.42 Å². The molecule has 0 aliphatic carbocycles. The quantitative estimate of drug-likeness (QED) is 0.858. The van der Waals surface area contributed by atoms with Crippen LogP contribution >= 0.6 is 0 Å². The Morgan fingerprint density at radius 1 is 1.00 bits per heavy atom. The van der Waals surface area contributed by atoms with E-state index < -0.39 is 5.54 Å². The molecule has 3 nitrogen and oxygen atoms in total. The summed E-state index contributed by atoms with van der Waals surface area (Å²) in [4.78, 5) is 4.38. The van der Waals surface area contributed by atoms with Crippen molar-refractivity contribution >= 4 is 11.9 Å². The number of hydrogen-bond donors (Lipinski definition) is 2. The van der Waals surface area contributed by atoms with Gasteiger partial charge >= 0.3 is 0 Å². The Bertz CT molecular complexity index is 606. The van der Waals surface area contributed by atoms with Crippen molar-refractivity contribution in [2.75, 3.05) is 0 Å². The lowest BCUT2D eigenvalue weighted by Crippen LogP contribution is -2.56. The van der Waals surface area contributed by atoms with Gasteiger partial charge in [-0.05, 0) is 23.6 Å². The van der Waals surface area contributed by atoms with Gasteiger partial charge in [-0.1, -0.05) is 48.5 Å². The van der Waals surface area contributed by atoms with Crippen LogP contribution < -0.4 is 11.5 Å². The average molecular weight is 251 g/mol. The lowest BCUT2D eigenvalue weighted by molar-refractivity contribution is 0.410. The van der Waals surface area contributed by atoms with Gasteiger partial charge in [0.05, 0.1) is 17.3 Å². The van der Waals surface area contributed by atoms with Gasteiger partial charge in [-0.3, -0.25) is 4.99 Å². The van der Waals surface area contributed by atoms with E-state index in [2.05, 4.69) is 17.1 Å². The second-order valence-electron chi connectivity index (χ2n) is 5.02. The van der Waals surface area contributed by atoms with Crippen LogP contribution in [0.1, 0.15) is 11.1 Å². The van der Waals surface area contributed by atoms with Crippen molar-refractivity contribution in [1.82, 2.24) is 0 Å². The summed E-state index contributed by atoms with van der Waals surface area (Å²) in [7, 11) is 0. The van der Waals surface area contributed by atoms with Crippen LogP contribution in [0.15, 0.2) is 59.6 Å². The van der Waals surface area contributed by atoms with Crippen LogP contribution in [0, 0.1) is 0 Å². The Labute approximate surface area is 113 Å². The summed E-state index contributed by atoms with van der Waals surface area (Å²) in [6, 6.07) is 17.9. The number of para-hydroxylation sites is 1. The molecule has 0 saturated heterocycles. The van der Waals surface area contributed by atoms with Gasteiger partial charge in [0.1, 0.15) is 0 Å². The van der Waals surface area contributed by atoms with Gasteiger partial charge in [-0.2, -0.15) is 0 Å². The molecule has 2 aromatic carbocycles. The van der Waals surface area contributed by atoms with Crippen molar-refractivity contribution in [2.45, 2.75) is 18.0 Å². The van der Waals surface area contributed by atoms with Crippen molar-refractivity contribution in [3.8, 4) is 0 Å². The first-order chi connectivity index (χ1) is 9.20. The maximum Gasteiger partial charge on any atom is 0.0677 e. The standard InChI is InChI=1S/C16H17N3/c17-15-11-19-14-9-5-4-8-13(14)16(15,18)10-12-6-2-1-3-7-12/h1-9,11,15H,10,17-18H2. The molecule has 0 amide bonds. The van der Waals surface area contributed by atoms with Crippen molar-refractivity contribution < 1.29 is 0 Å². The average Bonchev–Trinajstić information content (AvgIpc) is 2.45. The lowest BCUT2D eigenvalue weighted by atomic mass is 9.77.